The van der Waals surface area contributed by atoms with Crippen LogP contribution in [0, 0.1) is 0 Å². The second kappa shape index (κ2) is 14.5. The second-order valence-corrected chi connectivity index (χ2v) is 11.5. The highest BCUT2D eigenvalue weighted by Gasteiger charge is 2.32. The van der Waals surface area contributed by atoms with Crippen LogP contribution in [0.5, 0.6) is 0 Å². The molecule has 0 radical (unpaired) electrons. The monoisotopic (exact) mass is 610 g/mol. The number of fused-ring (bicyclic) bond motifs is 1. The summed E-state index contributed by atoms with van der Waals surface area (Å²) in [7, 11) is 0. The maximum atomic E-state index is 4.86. The lowest BCUT2D eigenvalue weighted by Crippen LogP contribution is -2.25. The van der Waals surface area contributed by atoms with Gasteiger partial charge in [0.15, 0.2) is 0 Å². The maximum absolute atomic E-state index is 4.86. The Kier molecular flexibility index (Phi) is 9.62. The van der Waals surface area contributed by atoms with E-state index >= 15 is 0 Å². The van der Waals surface area contributed by atoms with Gasteiger partial charge in [-0.2, -0.15) is 0 Å². The molecule has 7 aromatic rings. The zero-order valence-corrected chi connectivity index (χ0v) is 26.5. The molecule has 0 bridgehead atoms. The van der Waals surface area contributed by atoms with E-state index in [1.54, 1.807) is 0 Å². The molecular weight excluding hydrogens is 573 g/mol. The summed E-state index contributed by atoms with van der Waals surface area (Å²) in [4.78, 5) is 7.95. The van der Waals surface area contributed by atoms with Crippen LogP contribution < -0.4 is 11.5 Å². The van der Waals surface area contributed by atoms with Gasteiger partial charge in [-0.25, -0.2) is 0 Å². The molecule has 0 aliphatic heterocycles. The maximum Gasteiger partial charge on any atom is 0.0876 e. The van der Waals surface area contributed by atoms with E-state index in [0.29, 0.717) is 0 Å². The van der Waals surface area contributed by atoms with Crippen LogP contribution in [0.15, 0.2) is 175 Å². The Hall–Kier alpha value is -5.84. The Morgan fingerprint density at radius 3 is 1.79 bits per heavy atom. The molecule has 0 spiro atoms. The molecule has 1 aromatic heterocycles. The van der Waals surface area contributed by atoms with Crippen molar-refractivity contribution in [1.29, 1.82) is 0 Å². The molecule has 0 saturated carbocycles. The first kappa shape index (κ1) is 31.2. The molecule has 4 nitrogen and oxygen atoms in total. The third-order valence-corrected chi connectivity index (χ3v) is 8.70. The first-order chi connectivity index (χ1) is 23.1. The van der Waals surface area contributed by atoms with Gasteiger partial charge in [0.1, 0.15) is 0 Å². The number of benzene rings is 6. The van der Waals surface area contributed by atoms with Crippen molar-refractivity contribution >= 4 is 17.1 Å². The summed E-state index contributed by atoms with van der Waals surface area (Å²) in [5, 5.41) is 2.50. The molecule has 0 amide bonds. The molecule has 0 saturated heterocycles. The molecule has 7 rings (SSSR count). The minimum absolute atomic E-state index is 0.288. The number of nitrogens with two attached hydrogens (primary N) is 2. The number of aliphatic imine (C=N–C) groups is 1. The van der Waals surface area contributed by atoms with Gasteiger partial charge >= 0.3 is 0 Å². The lowest BCUT2D eigenvalue weighted by Gasteiger charge is -2.33. The topological polar surface area (TPSA) is 77.3 Å². The normalized spacial score (nSPS) is 11.3. The molecule has 0 aliphatic carbocycles. The van der Waals surface area contributed by atoms with Gasteiger partial charge in [-0.1, -0.05) is 133 Å². The smallest absolute Gasteiger partial charge is 0.0876 e. The molecular formula is C43H38N4. The zero-order valence-electron chi connectivity index (χ0n) is 26.5. The van der Waals surface area contributed by atoms with Gasteiger partial charge < -0.3 is 11.5 Å². The van der Waals surface area contributed by atoms with Gasteiger partial charge in [0.25, 0.3) is 0 Å². The highest BCUT2D eigenvalue weighted by molar-refractivity contribution is 5.97. The molecule has 6 aromatic carbocycles. The summed E-state index contributed by atoms with van der Waals surface area (Å²) >= 11 is 0. The number of pyridine rings is 1. The quantitative estimate of drug-likeness (QED) is 0.107. The Morgan fingerprint density at radius 1 is 0.574 bits per heavy atom. The molecule has 0 aliphatic rings. The van der Waals surface area contributed by atoms with E-state index < -0.39 is 0 Å². The summed E-state index contributed by atoms with van der Waals surface area (Å²) < 4.78 is 0. The highest BCUT2D eigenvalue weighted by atomic mass is 14.9. The summed E-state index contributed by atoms with van der Waals surface area (Å²) in [6.45, 7) is 2.64. The van der Waals surface area contributed by atoms with Gasteiger partial charge in [0.05, 0.1) is 18.7 Å². The molecule has 0 fully saturated rings. The number of hydrogen-bond acceptors (Lipinski definition) is 3. The highest BCUT2D eigenvalue weighted by Crippen LogP contribution is 2.43. The fraction of sp³-hybridized carbons (Fsp3) is 0.0698. The van der Waals surface area contributed by atoms with Crippen molar-refractivity contribution in [2.24, 2.45) is 16.5 Å². The van der Waals surface area contributed by atoms with Crippen LogP contribution in [0.2, 0.25) is 0 Å². The van der Waals surface area contributed by atoms with Crippen molar-refractivity contribution in [3.63, 3.8) is 0 Å². The van der Waals surface area contributed by atoms with E-state index in [1.807, 2.05) is 18.3 Å². The van der Waals surface area contributed by atoms with Crippen molar-refractivity contribution in [2.75, 3.05) is 6.67 Å². The molecule has 4 heteroatoms. The minimum Gasteiger partial charge on any atom is -0.390 e. The van der Waals surface area contributed by atoms with Gasteiger partial charge in [-0.3, -0.25) is 9.98 Å². The lowest BCUT2D eigenvalue weighted by atomic mass is 9.70. The van der Waals surface area contributed by atoms with E-state index in [-0.39, 0.29) is 12.1 Å². The Morgan fingerprint density at radius 2 is 1.17 bits per heavy atom. The van der Waals surface area contributed by atoms with E-state index in [2.05, 4.69) is 169 Å². The number of hydrogen-bond donors (Lipinski definition) is 2. The Labute approximate surface area is 277 Å². The van der Waals surface area contributed by atoms with Gasteiger partial charge in [0, 0.05) is 17.2 Å². The van der Waals surface area contributed by atoms with Crippen LogP contribution in [-0.2, 0) is 5.41 Å². The summed E-state index contributed by atoms with van der Waals surface area (Å²) in [5.74, 6) is 0. The minimum atomic E-state index is -0.355. The average Bonchev–Trinajstić information content (AvgIpc) is 3.16. The molecule has 47 heavy (non-hydrogen) atoms. The van der Waals surface area contributed by atoms with Crippen LogP contribution in [0.3, 0.4) is 0 Å². The Balaban J connectivity index is 0.000000720. The van der Waals surface area contributed by atoms with Gasteiger partial charge in [-0.05, 0) is 87.0 Å². The van der Waals surface area contributed by atoms with Crippen molar-refractivity contribution < 1.29 is 0 Å². The third-order valence-electron chi connectivity index (χ3n) is 8.70. The zero-order chi connectivity index (χ0) is 32.5. The van der Waals surface area contributed by atoms with E-state index in [1.165, 1.54) is 56.1 Å². The fourth-order valence-electron chi connectivity index (χ4n) is 6.19. The van der Waals surface area contributed by atoms with Crippen molar-refractivity contribution in [1.82, 2.24) is 4.98 Å². The second-order valence-electron chi connectivity index (χ2n) is 11.5. The van der Waals surface area contributed by atoms with Gasteiger partial charge in [0.2, 0.25) is 0 Å². The number of rotatable bonds is 7. The van der Waals surface area contributed by atoms with Crippen LogP contribution in [-0.4, -0.2) is 18.0 Å². The lowest BCUT2D eigenvalue weighted by molar-refractivity contribution is 0.693. The summed E-state index contributed by atoms with van der Waals surface area (Å²) in [5.41, 5.74) is 20.0. The van der Waals surface area contributed by atoms with E-state index in [4.69, 9.17) is 11.5 Å². The molecule has 0 atom stereocenters. The number of aromatic nitrogens is 1. The summed E-state index contributed by atoms with van der Waals surface area (Å²) in [6, 6.07) is 59.0. The molecule has 1 heterocycles. The summed E-state index contributed by atoms with van der Waals surface area (Å²) in [6.07, 6.45) is 3.02. The predicted molar refractivity (Wildman–Crippen MR) is 198 cm³/mol. The number of nitrogens with zero attached hydrogens (tertiary/aromatic N) is 2. The van der Waals surface area contributed by atoms with E-state index in [9.17, 15) is 0 Å². The van der Waals surface area contributed by atoms with E-state index in [0.717, 1.165) is 11.3 Å². The molecule has 230 valence electrons. The third kappa shape index (κ3) is 6.74. The largest absolute Gasteiger partial charge is 0.390 e. The van der Waals surface area contributed by atoms with Crippen molar-refractivity contribution in [2.45, 2.75) is 12.3 Å². The first-order valence-corrected chi connectivity index (χ1v) is 15.8. The molecule has 4 N–H and O–H groups in total. The van der Waals surface area contributed by atoms with Crippen LogP contribution in [0.1, 0.15) is 23.6 Å². The predicted octanol–water partition coefficient (Wildman–Crippen LogP) is 9.48. The first-order valence-electron chi connectivity index (χ1n) is 15.8. The SMILES string of the molecule is CC(c1ccccc1)(c1ccccc1)c1cc(-c2ccc(-c3ccccn3)cc2)cc(-c2cccc3ccccc23)c1.N/C=N\CN. The van der Waals surface area contributed by atoms with Gasteiger partial charge in [-0.15, -0.1) is 0 Å². The fourth-order valence-corrected chi connectivity index (χ4v) is 6.19. The van der Waals surface area contributed by atoms with Crippen LogP contribution in [0.25, 0.3) is 44.3 Å². The van der Waals surface area contributed by atoms with Crippen LogP contribution in [0.4, 0.5) is 0 Å². The molecule has 0 unspecified atom stereocenters. The Bertz CT molecular complexity index is 2030. The van der Waals surface area contributed by atoms with Crippen molar-refractivity contribution in [3.05, 3.63) is 187 Å². The van der Waals surface area contributed by atoms with Crippen molar-refractivity contribution in [3.8, 4) is 33.5 Å². The average molecular weight is 611 g/mol. The standard InChI is InChI=1S/C41H31N.C2H7N3/c1-41(35-15-4-2-5-16-35,36-17-6-3-7-18-36)37-28-33(30-22-24-32(25-23-30)40-21-10-11-26-42-40)27-34(29-37)39-20-12-14-31-13-8-9-19-38(31)39;3-1-5-2-4/h2-29H,1H3;1H,2,4H2,(H2,3,5). The van der Waals surface area contributed by atoms with Crippen LogP contribution >= 0.6 is 0 Å².